The van der Waals surface area contributed by atoms with Crippen LogP contribution in [0.1, 0.15) is 26.5 Å². The zero-order valence-corrected chi connectivity index (χ0v) is 14.3. The molecule has 2 heterocycles. The van der Waals surface area contributed by atoms with Crippen molar-refractivity contribution in [2.24, 2.45) is 0 Å². The van der Waals surface area contributed by atoms with Crippen LogP contribution in [0.25, 0.3) is 9.88 Å². The highest BCUT2D eigenvalue weighted by molar-refractivity contribution is 7.22. The van der Waals surface area contributed by atoms with Crippen LogP contribution in [-0.2, 0) is 0 Å². The van der Waals surface area contributed by atoms with Gasteiger partial charge in [0.2, 0.25) is 0 Å². The Morgan fingerprint density at radius 1 is 1.18 bits per heavy atom. The molecule has 2 aromatic heterocycles. The molecule has 0 radical (unpaired) electrons. The van der Waals surface area contributed by atoms with Gasteiger partial charge < -0.3 is 5.32 Å². The van der Waals surface area contributed by atoms with Crippen LogP contribution in [0.15, 0.2) is 35.7 Å². The molecule has 0 aliphatic rings. The van der Waals surface area contributed by atoms with Gasteiger partial charge in [-0.15, -0.1) is 22.7 Å². The van der Waals surface area contributed by atoms with Crippen LogP contribution in [0.2, 0.25) is 0 Å². The van der Waals surface area contributed by atoms with Gasteiger partial charge in [-0.05, 0) is 49.4 Å². The highest BCUT2D eigenvalue weighted by Crippen LogP contribution is 2.31. The molecule has 0 unspecified atom stereocenters. The van der Waals surface area contributed by atoms with E-state index < -0.39 is 0 Å². The Labute approximate surface area is 137 Å². The van der Waals surface area contributed by atoms with Gasteiger partial charge in [-0.1, -0.05) is 18.2 Å². The fraction of sp³-hybridized carbons (Fsp3) is 0.176. The van der Waals surface area contributed by atoms with Gasteiger partial charge in [0.1, 0.15) is 9.88 Å². The molecule has 3 rings (SSSR count). The highest BCUT2D eigenvalue weighted by atomic mass is 32.1. The van der Waals surface area contributed by atoms with Gasteiger partial charge in [0.25, 0.3) is 5.91 Å². The third kappa shape index (κ3) is 2.96. The number of thiophene rings is 1. The maximum absolute atomic E-state index is 12.5. The lowest BCUT2D eigenvalue weighted by molar-refractivity contribution is 0.102. The van der Waals surface area contributed by atoms with E-state index in [-0.39, 0.29) is 5.91 Å². The summed E-state index contributed by atoms with van der Waals surface area (Å²) in [5.41, 5.74) is 3.81. The zero-order chi connectivity index (χ0) is 15.7. The van der Waals surface area contributed by atoms with E-state index >= 15 is 0 Å². The van der Waals surface area contributed by atoms with Crippen molar-refractivity contribution in [1.29, 1.82) is 0 Å². The summed E-state index contributed by atoms with van der Waals surface area (Å²) in [6.07, 6.45) is 0. The van der Waals surface area contributed by atoms with Crippen molar-refractivity contribution in [3.63, 3.8) is 0 Å². The molecule has 1 aromatic carbocycles. The third-order valence-electron chi connectivity index (χ3n) is 3.38. The Bertz CT molecular complexity index is 819. The van der Waals surface area contributed by atoms with Crippen molar-refractivity contribution in [2.75, 3.05) is 5.32 Å². The molecule has 1 N–H and O–H groups in total. The molecule has 112 valence electrons. The number of thiazole rings is 1. The predicted molar refractivity (Wildman–Crippen MR) is 94.0 cm³/mol. The van der Waals surface area contributed by atoms with E-state index in [9.17, 15) is 4.79 Å². The van der Waals surface area contributed by atoms with Crippen molar-refractivity contribution in [1.82, 2.24) is 4.98 Å². The Balaban J connectivity index is 1.88. The van der Waals surface area contributed by atoms with E-state index in [1.165, 1.54) is 11.3 Å². The van der Waals surface area contributed by atoms with Crippen molar-refractivity contribution in [2.45, 2.75) is 20.8 Å². The summed E-state index contributed by atoms with van der Waals surface area (Å²) in [6.45, 7) is 5.89. The summed E-state index contributed by atoms with van der Waals surface area (Å²) in [7, 11) is 0. The predicted octanol–water partition coefficient (Wildman–Crippen LogP) is 5.05. The summed E-state index contributed by atoms with van der Waals surface area (Å²) in [4.78, 5) is 18.8. The van der Waals surface area contributed by atoms with Gasteiger partial charge in [0, 0.05) is 5.69 Å². The molecule has 0 aliphatic carbocycles. The van der Waals surface area contributed by atoms with Crippen LogP contribution >= 0.6 is 22.7 Å². The molecule has 0 bridgehead atoms. The number of carbonyl (C=O) groups excluding carboxylic acids is 1. The first-order chi connectivity index (χ1) is 10.5. The molecule has 5 heteroatoms. The van der Waals surface area contributed by atoms with Gasteiger partial charge in [0.15, 0.2) is 0 Å². The lowest BCUT2D eigenvalue weighted by atomic mass is 10.1. The first-order valence-electron chi connectivity index (χ1n) is 6.94. The van der Waals surface area contributed by atoms with Gasteiger partial charge in [0.05, 0.1) is 10.6 Å². The smallest absolute Gasteiger partial charge is 0.267 e. The Morgan fingerprint density at radius 3 is 2.73 bits per heavy atom. The SMILES string of the molecule is Cc1ccc(C)c(NC(=O)c2sc(-c3cccs3)nc2C)c1. The van der Waals surface area contributed by atoms with Gasteiger partial charge in [-0.25, -0.2) is 4.98 Å². The number of carbonyl (C=O) groups is 1. The fourth-order valence-electron chi connectivity index (χ4n) is 2.16. The molecular weight excluding hydrogens is 312 g/mol. The fourth-order valence-corrected chi connectivity index (χ4v) is 3.92. The average molecular weight is 328 g/mol. The summed E-state index contributed by atoms with van der Waals surface area (Å²) >= 11 is 3.08. The minimum atomic E-state index is -0.0912. The Morgan fingerprint density at radius 2 is 2.00 bits per heavy atom. The number of aryl methyl sites for hydroxylation is 3. The van der Waals surface area contributed by atoms with E-state index in [0.29, 0.717) is 4.88 Å². The molecule has 0 saturated carbocycles. The minimum absolute atomic E-state index is 0.0912. The zero-order valence-electron chi connectivity index (χ0n) is 12.6. The van der Waals surface area contributed by atoms with E-state index in [4.69, 9.17) is 0 Å². The molecule has 1 amide bonds. The molecule has 0 aliphatic heterocycles. The molecule has 3 aromatic rings. The van der Waals surface area contributed by atoms with Crippen LogP contribution in [0.5, 0.6) is 0 Å². The van der Waals surface area contributed by atoms with E-state index in [2.05, 4.69) is 10.3 Å². The standard InChI is InChI=1S/C17H16N2OS2/c1-10-6-7-11(2)13(9-10)19-16(20)15-12(3)18-17(22-15)14-5-4-8-21-14/h4-9H,1-3H3,(H,19,20). The Hall–Kier alpha value is -1.98. The van der Waals surface area contributed by atoms with Crippen molar-refractivity contribution >= 4 is 34.3 Å². The van der Waals surface area contributed by atoms with Crippen LogP contribution in [-0.4, -0.2) is 10.9 Å². The second kappa shape index (κ2) is 6.02. The number of hydrogen-bond acceptors (Lipinski definition) is 4. The normalized spacial score (nSPS) is 10.7. The highest BCUT2D eigenvalue weighted by Gasteiger charge is 2.17. The van der Waals surface area contributed by atoms with E-state index in [1.54, 1.807) is 11.3 Å². The number of anilines is 1. The minimum Gasteiger partial charge on any atom is -0.321 e. The monoisotopic (exact) mass is 328 g/mol. The number of nitrogens with zero attached hydrogens (tertiary/aromatic N) is 1. The van der Waals surface area contributed by atoms with Crippen molar-refractivity contribution in [3.05, 3.63) is 57.4 Å². The Kier molecular flexibility index (Phi) is 4.09. The van der Waals surface area contributed by atoms with Crippen LogP contribution in [0.4, 0.5) is 5.69 Å². The molecule has 0 spiro atoms. The molecule has 22 heavy (non-hydrogen) atoms. The lowest BCUT2D eigenvalue weighted by Gasteiger charge is -2.08. The number of aromatic nitrogens is 1. The molecule has 0 saturated heterocycles. The maximum Gasteiger partial charge on any atom is 0.267 e. The number of amides is 1. The lowest BCUT2D eigenvalue weighted by Crippen LogP contribution is -2.12. The van der Waals surface area contributed by atoms with Gasteiger partial charge in [-0.3, -0.25) is 4.79 Å². The van der Waals surface area contributed by atoms with Crippen LogP contribution in [0.3, 0.4) is 0 Å². The number of hydrogen-bond donors (Lipinski definition) is 1. The first kappa shape index (κ1) is 14.9. The molecule has 0 fully saturated rings. The third-order valence-corrected chi connectivity index (χ3v) is 5.57. The first-order valence-corrected chi connectivity index (χ1v) is 8.64. The summed E-state index contributed by atoms with van der Waals surface area (Å²) in [5.74, 6) is -0.0912. The maximum atomic E-state index is 12.5. The molecule has 3 nitrogen and oxygen atoms in total. The van der Waals surface area contributed by atoms with Crippen molar-refractivity contribution in [3.8, 4) is 9.88 Å². The van der Waals surface area contributed by atoms with Gasteiger partial charge >= 0.3 is 0 Å². The summed E-state index contributed by atoms with van der Waals surface area (Å²) in [5, 5.41) is 5.92. The van der Waals surface area contributed by atoms with Crippen molar-refractivity contribution < 1.29 is 4.79 Å². The topological polar surface area (TPSA) is 42.0 Å². The van der Waals surface area contributed by atoms with E-state index in [0.717, 1.165) is 32.4 Å². The molecular formula is C17H16N2OS2. The van der Waals surface area contributed by atoms with E-state index in [1.807, 2.05) is 56.5 Å². The number of benzene rings is 1. The van der Waals surface area contributed by atoms with Crippen LogP contribution < -0.4 is 5.32 Å². The number of nitrogens with one attached hydrogen (secondary N) is 1. The second-order valence-electron chi connectivity index (χ2n) is 5.18. The molecule has 0 atom stereocenters. The average Bonchev–Trinajstić information content (AvgIpc) is 3.11. The summed E-state index contributed by atoms with van der Waals surface area (Å²) < 4.78 is 0. The number of rotatable bonds is 3. The summed E-state index contributed by atoms with van der Waals surface area (Å²) in [6, 6.07) is 10.1. The van der Waals surface area contributed by atoms with Crippen LogP contribution in [0, 0.1) is 20.8 Å². The second-order valence-corrected chi connectivity index (χ2v) is 7.13. The van der Waals surface area contributed by atoms with Gasteiger partial charge in [-0.2, -0.15) is 0 Å². The largest absolute Gasteiger partial charge is 0.321 e. The quantitative estimate of drug-likeness (QED) is 0.731.